The lowest BCUT2D eigenvalue weighted by atomic mass is 10.1. The van der Waals surface area contributed by atoms with Gasteiger partial charge in [0.15, 0.2) is 0 Å². The zero-order chi connectivity index (χ0) is 18.9. The first-order valence-electron chi connectivity index (χ1n) is 8.50. The lowest BCUT2D eigenvalue weighted by Gasteiger charge is -2.13. The number of rotatable bonds is 9. The Morgan fingerprint density at radius 3 is 2.73 bits per heavy atom. The smallest absolute Gasteiger partial charge is 0.285 e. The summed E-state index contributed by atoms with van der Waals surface area (Å²) < 4.78 is 11.5. The molecular formula is C18H23ClN4O3. The van der Waals surface area contributed by atoms with Gasteiger partial charge in [-0.25, -0.2) is 5.10 Å². The monoisotopic (exact) mass is 378 g/mol. The van der Waals surface area contributed by atoms with E-state index in [1.54, 1.807) is 0 Å². The van der Waals surface area contributed by atoms with Crippen LogP contribution in [0.3, 0.4) is 0 Å². The van der Waals surface area contributed by atoms with Crippen LogP contribution in [0.1, 0.15) is 39.2 Å². The number of hydrazone groups is 1. The van der Waals surface area contributed by atoms with Gasteiger partial charge in [0.25, 0.3) is 5.56 Å². The van der Waals surface area contributed by atoms with E-state index < -0.39 is 5.56 Å². The zero-order valence-electron chi connectivity index (χ0n) is 15.1. The van der Waals surface area contributed by atoms with Gasteiger partial charge in [-0.1, -0.05) is 25.4 Å². The van der Waals surface area contributed by atoms with Crippen molar-refractivity contribution in [1.29, 1.82) is 0 Å². The van der Waals surface area contributed by atoms with Crippen molar-refractivity contribution in [3.05, 3.63) is 45.3 Å². The molecule has 1 aromatic heterocycles. The van der Waals surface area contributed by atoms with Crippen molar-refractivity contribution in [2.45, 2.75) is 33.6 Å². The number of anilines is 1. The predicted molar refractivity (Wildman–Crippen MR) is 104 cm³/mol. The van der Waals surface area contributed by atoms with E-state index in [-0.39, 0.29) is 5.02 Å². The summed E-state index contributed by atoms with van der Waals surface area (Å²) in [6, 6.07) is 5.64. The molecular weight excluding hydrogens is 356 g/mol. The Morgan fingerprint density at radius 1 is 1.27 bits per heavy atom. The second-order valence-electron chi connectivity index (χ2n) is 5.59. The molecule has 0 spiro atoms. The molecule has 1 heterocycles. The van der Waals surface area contributed by atoms with Gasteiger partial charge in [-0.05, 0) is 31.9 Å². The van der Waals surface area contributed by atoms with Gasteiger partial charge in [0, 0.05) is 11.6 Å². The Bertz CT molecular complexity index is 820. The third-order valence-corrected chi connectivity index (χ3v) is 3.79. The minimum atomic E-state index is -0.478. The van der Waals surface area contributed by atoms with Crippen LogP contribution in [0.25, 0.3) is 0 Å². The number of halogens is 1. The molecule has 0 amide bonds. The number of hydrogen-bond donors (Lipinski definition) is 2. The molecule has 7 nitrogen and oxygen atoms in total. The van der Waals surface area contributed by atoms with Crippen LogP contribution in [-0.4, -0.2) is 29.1 Å². The molecule has 0 aliphatic rings. The Hall–Kier alpha value is -2.54. The van der Waals surface area contributed by atoms with E-state index in [0.717, 1.165) is 24.2 Å². The maximum Gasteiger partial charge on any atom is 0.285 e. The van der Waals surface area contributed by atoms with Crippen LogP contribution in [0.2, 0.25) is 5.02 Å². The molecule has 0 radical (unpaired) electrons. The number of nitrogens with zero attached hydrogens (tertiary/aromatic N) is 2. The van der Waals surface area contributed by atoms with Crippen molar-refractivity contribution < 1.29 is 9.47 Å². The number of hydrogen-bond acceptors (Lipinski definition) is 6. The Kier molecular flexibility index (Phi) is 7.47. The van der Waals surface area contributed by atoms with Gasteiger partial charge in [0.2, 0.25) is 0 Å². The Balaban J connectivity index is 2.26. The summed E-state index contributed by atoms with van der Waals surface area (Å²) >= 11 is 5.94. The first kappa shape index (κ1) is 19.8. The van der Waals surface area contributed by atoms with Crippen LogP contribution >= 0.6 is 11.6 Å². The van der Waals surface area contributed by atoms with Crippen molar-refractivity contribution in [1.82, 2.24) is 10.2 Å². The van der Waals surface area contributed by atoms with Crippen molar-refractivity contribution in [3.8, 4) is 11.5 Å². The lowest BCUT2D eigenvalue weighted by Crippen LogP contribution is -2.11. The molecule has 2 N–H and O–H groups in total. The van der Waals surface area contributed by atoms with Crippen LogP contribution in [0, 0.1) is 0 Å². The molecule has 0 unspecified atom stereocenters. The van der Waals surface area contributed by atoms with Gasteiger partial charge < -0.3 is 9.47 Å². The summed E-state index contributed by atoms with van der Waals surface area (Å²) in [4.78, 5) is 11.5. The first-order valence-corrected chi connectivity index (χ1v) is 8.88. The third kappa shape index (κ3) is 5.23. The minimum absolute atomic E-state index is 0.00215. The molecule has 0 aliphatic carbocycles. The topological polar surface area (TPSA) is 88.6 Å². The van der Waals surface area contributed by atoms with Crippen LogP contribution in [0.5, 0.6) is 11.5 Å². The van der Waals surface area contributed by atoms with E-state index in [4.69, 9.17) is 21.1 Å². The fourth-order valence-electron chi connectivity index (χ4n) is 2.11. The normalized spacial score (nSPS) is 11.3. The van der Waals surface area contributed by atoms with E-state index in [1.165, 1.54) is 6.20 Å². The van der Waals surface area contributed by atoms with Crippen molar-refractivity contribution in [3.63, 3.8) is 0 Å². The van der Waals surface area contributed by atoms with Crippen molar-refractivity contribution >= 4 is 23.0 Å². The number of aromatic amines is 1. The van der Waals surface area contributed by atoms with E-state index in [2.05, 4.69) is 27.6 Å². The van der Waals surface area contributed by atoms with Gasteiger partial charge in [0.1, 0.15) is 22.2 Å². The molecule has 0 bridgehead atoms. The van der Waals surface area contributed by atoms with E-state index in [9.17, 15) is 4.79 Å². The van der Waals surface area contributed by atoms with Gasteiger partial charge >= 0.3 is 0 Å². The molecule has 8 heteroatoms. The average Bonchev–Trinajstić information content (AvgIpc) is 2.65. The van der Waals surface area contributed by atoms with E-state index in [0.29, 0.717) is 30.4 Å². The minimum Gasteiger partial charge on any atom is -0.493 e. The summed E-state index contributed by atoms with van der Waals surface area (Å²) in [5.41, 5.74) is 4.12. The van der Waals surface area contributed by atoms with Crippen molar-refractivity contribution in [2.24, 2.45) is 5.10 Å². The largest absolute Gasteiger partial charge is 0.493 e. The van der Waals surface area contributed by atoms with Crippen molar-refractivity contribution in [2.75, 3.05) is 18.6 Å². The summed E-state index contributed by atoms with van der Waals surface area (Å²) in [5, 5.41) is 10.3. The third-order valence-electron chi connectivity index (χ3n) is 3.42. The molecule has 0 saturated carbocycles. The standard InChI is InChI=1S/C18H23ClN4O3/c1-4-8-25-13-6-7-14(16(10-13)26-9-5-2)12(3)21-22-15-11-20-23-18(24)17(15)19/h6-7,10-11H,4-5,8-9H2,1-3H3,(H2,22,23,24)/b21-12-. The Labute approximate surface area is 157 Å². The maximum absolute atomic E-state index is 11.5. The summed E-state index contributed by atoms with van der Waals surface area (Å²) in [6.07, 6.45) is 3.22. The molecule has 2 rings (SSSR count). The molecule has 140 valence electrons. The quantitative estimate of drug-likeness (QED) is 0.511. The number of benzene rings is 1. The molecule has 26 heavy (non-hydrogen) atoms. The van der Waals surface area contributed by atoms with E-state index in [1.807, 2.05) is 32.0 Å². The SMILES string of the molecule is CCCOc1ccc(/C(C)=N\Nc2cn[nH]c(=O)c2Cl)c(OCCC)c1. The second kappa shape index (κ2) is 9.82. The fraction of sp³-hybridized carbons (Fsp3) is 0.389. The second-order valence-corrected chi connectivity index (χ2v) is 5.97. The summed E-state index contributed by atoms with van der Waals surface area (Å²) in [7, 11) is 0. The number of H-pyrrole nitrogens is 1. The van der Waals surface area contributed by atoms with Crippen LogP contribution < -0.4 is 20.5 Å². The first-order chi connectivity index (χ1) is 12.6. The molecule has 0 atom stereocenters. The molecule has 1 aromatic carbocycles. The Morgan fingerprint density at radius 2 is 2.00 bits per heavy atom. The summed E-state index contributed by atoms with van der Waals surface area (Å²) in [5.74, 6) is 1.45. The number of ether oxygens (including phenoxy) is 2. The average molecular weight is 379 g/mol. The highest BCUT2D eigenvalue weighted by molar-refractivity contribution is 6.32. The van der Waals surface area contributed by atoms with Crippen LogP contribution in [0.4, 0.5) is 5.69 Å². The highest BCUT2D eigenvalue weighted by Gasteiger charge is 2.10. The lowest BCUT2D eigenvalue weighted by molar-refractivity contribution is 0.301. The van der Waals surface area contributed by atoms with E-state index >= 15 is 0 Å². The highest BCUT2D eigenvalue weighted by atomic mass is 35.5. The zero-order valence-corrected chi connectivity index (χ0v) is 15.9. The fourth-order valence-corrected chi connectivity index (χ4v) is 2.24. The number of aromatic nitrogens is 2. The van der Waals surface area contributed by atoms with Gasteiger partial charge in [-0.15, -0.1) is 0 Å². The van der Waals surface area contributed by atoms with Gasteiger partial charge in [0.05, 0.1) is 25.1 Å². The van der Waals surface area contributed by atoms with Gasteiger partial charge in [-0.2, -0.15) is 10.2 Å². The molecule has 2 aromatic rings. The molecule has 0 saturated heterocycles. The highest BCUT2D eigenvalue weighted by Crippen LogP contribution is 2.26. The van der Waals surface area contributed by atoms with Crippen LogP contribution in [-0.2, 0) is 0 Å². The summed E-state index contributed by atoms with van der Waals surface area (Å²) in [6.45, 7) is 7.17. The maximum atomic E-state index is 11.5. The molecule has 0 fully saturated rings. The van der Waals surface area contributed by atoms with Gasteiger partial charge in [-0.3, -0.25) is 10.2 Å². The predicted octanol–water partition coefficient (Wildman–Crippen LogP) is 3.84. The number of nitrogens with one attached hydrogen (secondary N) is 2. The van der Waals surface area contributed by atoms with Crippen LogP contribution in [0.15, 0.2) is 34.3 Å². The molecule has 0 aliphatic heterocycles.